The van der Waals surface area contributed by atoms with E-state index in [-0.39, 0.29) is 31.2 Å². The number of carbonyl (C=O) groups excluding carboxylic acids is 2. The Hall–Kier alpha value is -6.03. The molecule has 14 nitrogen and oxygen atoms in total. The van der Waals surface area contributed by atoms with E-state index in [9.17, 15) is 14.7 Å². The number of nitrogens with zero attached hydrogens (tertiary/aromatic N) is 4. The predicted molar refractivity (Wildman–Crippen MR) is 209 cm³/mol. The number of ether oxygens (including phenoxy) is 5. The quantitative estimate of drug-likeness (QED) is 0.103. The van der Waals surface area contributed by atoms with Gasteiger partial charge in [-0.2, -0.15) is 0 Å². The molecule has 4 aromatic carbocycles. The van der Waals surface area contributed by atoms with E-state index in [1.165, 1.54) is 13.3 Å². The smallest absolute Gasteiger partial charge is 0.331 e. The number of amides is 2. The SMILES string of the molecule is C[C@@H](O)[C@H](NC(=O)Nc1ncnc2c1ncn2C1OC[C@@H](OCc2ccccc2)[C@H](OCc2ccccc2)[C@H]1OCc1ccccc1)C(=O)OCc1ccccc1. The number of imidazole rings is 1. The molecule has 2 amide bonds. The zero-order valence-corrected chi connectivity index (χ0v) is 31.3. The predicted octanol–water partition coefficient (Wildman–Crippen LogP) is 5.73. The zero-order valence-electron chi connectivity index (χ0n) is 31.3. The molecule has 6 aromatic rings. The molecule has 1 unspecified atom stereocenters. The van der Waals surface area contributed by atoms with Crippen molar-refractivity contribution >= 4 is 29.0 Å². The molecule has 0 aliphatic carbocycles. The zero-order chi connectivity index (χ0) is 39.4. The summed E-state index contributed by atoms with van der Waals surface area (Å²) in [6.07, 6.45) is -1.02. The number of aliphatic hydroxyl groups is 1. The van der Waals surface area contributed by atoms with E-state index in [1.54, 1.807) is 23.0 Å². The monoisotopic (exact) mass is 772 g/mol. The highest BCUT2D eigenvalue weighted by Crippen LogP contribution is 2.34. The van der Waals surface area contributed by atoms with Crippen molar-refractivity contribution in [1.29, 1.82) is 0 Å². The molecule has 7 rings (SSSR count). The Balaban J connectivity index is 1.13. The summed E-state index contributed by atoms with van der Waals surface area (Å²) in [4.78, 5) is 39.5. The van der Waals surface area contributed by atoms with Crippen LogP contribution in [0.1, 0.15) is 35.4 Å². The van der Waals surface area contributed by atoms with Crippen LogP contribution in [-0.2, 0) is 54.9 Å². The Morgan fingerprint density at radius 3 is 1.82 bits per heavy atom. The molecule has 1 aliphatic heterocycles. The van der Waals surface area contributed by atoms with Crippen LogP contribution in [0.15, 0.2) is 134 Å². The molecular formula is C43H44N6O8. The molecule has 0 radical (unpaired) electrons. The second kappa shape index (κ2) is 19.2. The van der Waals surface area contributed by atoms with Crippen molar-refractivity contribution in [1.82, 2.24) is 24.8 Å². The molecule has 2 aromatic heterocycles. The lowest BCUT2D eigenvalue weighted by molar-refractivity contribution is -0.255. The molecule has 1 aliphatic rings. The van der Waals surface area contributed by atoms with Gasteiger partial charge in [0.2, 0.25) is 0 Å². The molecule has 3 heterocycles. The summed E-state index contributed by atoms with van der Waals surface area (Å²) >= 11 is 0. The van der Waals surface area contributed by atoms with Gasteiger partial charge in [-0.1, -0.05) is 121 Å². The van der Waals surface area contributed by atoms with Gasteiger partial charge < -0.3 is 34.1 Å². The fraction of sp³-hybridized carbons (Fsp3) is 0.279. The van der Waals surface area contributed by atoms with E-state index >= 15 is 0 Å². The van der Waals surface area contributed by atoms with Crippen molar-refractivity contribution in [3.63, 3.8) is 0 Å². The number of aliphatic hydroxyl groups excluding tert-OH is 1. The summed E-state index contributed by atoms with van der Waals surface area (Å²) in [6, 6.07) is 36.5. The Kier molecular flexibility index (Phi) is 13.2. The minimum absolute atomic E-state index is 0.0203. The van der Waals surface area contributed by atoms with Crippen molar-refractivity contribution in [2.24, 2.45) is 0 Å². The van der Waals surface area contributed by atoms with Gasteiger partial charge in [0.15, 0.2) is 29.3 Å². The summed E-state index contributed by atoms with van der Waals surface area (Å²) in [5.74, 6) is -0.732. The fourth-order valence-electron chi connectivity index (χ4n) is 6.44. The van der Waals surface area contributed by atoms with Crippen LogP contribution < -0.4 is 10.6 Å². The highest BCUT2D eigenvalue weighted by atomic mass is 16.6. The largest absolute Gasteiger partial charge is 0.459 e. The number of fused-ring (bicyclic) bond motifs is 1. The highest BCUT2D eigenvalue weighted by molar-refractivity contribution is 5.97. The summed E-state index contributed by atoms with van der Waals surface area (Å²) in [5, 5.41) is 15.5. The molecular weight excluding hydrogens is 729 g/mol. The average molecular weight is 773 g/mol. The molecule has 294 valence electrons. The lowest BCUT2D eigenvalue weighted by Gasteiger charge is -2.42. The van der Waals surface area contributed by atoms with Gasteiger partial charge in [0, 0.05) is 0 Å². The molecule has 3 N–H and O–H groups in total. The summed E-state index contributed by atoms with van der Waals surface area (Å²) in [5.41, 5.74) is 4.31. The first-order chi connectivity index (χ1) is 27.9. The maximum absolute atomic E-state index is 13.3. The third-order valence-corrected chi connectivity index (χ3v) is 9.39. The highest BCUT2D eigenvalue weighted by Gasteiger charge is 2.45. The third kappa shape index (κ3) is 10.2. The number of carbonyl (C=O) groups is 2. The Bertz CT molecular complexity index is 2180. The number of esters is 1. The molecule has 0 bridgehead atoms. The van der Waals surface area contributed by atoms with Crippen LogP contribution in [0.5, 0.6) is 0 Å². The number of urea groups is 1. The van der Waals surface area contributed by atoms with E-state index < -0.39 is 48.7 Å². The lowest BCUT2D eigenvalue weighted by atomic mass is 10.0. The first-order valence-corrected chi connectivity index (χ1v) is 18.6. The van der Waals surface area contributed by atoms with Gasteiger partial charge in [0.1, 0.15) is 31.2 Å². The minimum atomic E-state index is -1.35. The standard InChI is InChI=1S/C43H44N6O8/c1-29(50)35(42(51)57-25-33-20-12-5-13-21-33)47-43(52)48-39-36-40(45-27-44-39)49(28-46-36)41-38(55-24-32-18-10-4-11-19-32)37(54-23-31-16-8-3-9-17-31)34(26-56-41)53-22-30-14-6-2-7-15-30/h2-21,27-29,34-35,37-38,41,50H,22-26H2,1H3,(H2,44,45,47,48,52)/t29-,34-,35+,37+,38-,41?/m1/s1. The maximum atomic E-state index is 13.3. The third-order valence-electron chi connectivity index (χ3n) is 9.39. The molecule has 1 saturated heterocycles. The van der Waals surface area contributed by atoms with Gasteiger partial charge >= 0.3 is 12.0 Å². The Morgan fingerprint density at radius 1 is 0.737 bits per heavy atom. The van der Waals surface area contributed by atoms with E-state index in [0.717, 1.165) is 22.3 Å². The number of anilines is 1. The van der Waals surface area contributed by atoms with Crippen molar-refractivity contribution in [2.45, 2.75) is 70.0 Å². The maximum Gasteiger partial charge on any atom is 0.331 e. The second-order valence-electron chi connectivity index (χ2n) is 13.5. The van der Waals surface area contributed by atoms with Gasteiger partial charge in [-0.25, -0.2) is 24.5 Å². The molecule has 57 heavy (non-hydrogen) atoms. The molecule has 0 saturated carbocycles. The first-order valence-electron chi connectivity index (χ1n) is 18.6. The topological polar surface area (TPSA) is 168 Å². The molecule has 6 atom stereocenters. The van der Waals surface area contributed by atoms with Crippen LogP contribution in [0.25, 0.3) is 11.2 Å². The number of benzene rings is 4. The van der Waals surface area contributed by atoms with Crippen LogP contribution in [0.2, 0.25) is 0 Å². The average Bonchev–Trinajstić information content (AvgIpc) is 3.69. The number of rotatable bonds is 16. The summed E-state index contributed by atoms with van der Waals surface area (Å²) in [7, 11) is 0. The van der Waals surface area contributed by atoms with Crippen LogP contribution in [0.4, 0.5) is 10.6 Å². The number of hydrogen-bond donors (Lipinski definition) is 3. The van der Waals surface area contributed by atoms with Gasteiger partial charge in [0.05, 0.1) is 38.9 Å². The van der Waals surface area contributed by atoms with E-state index in [2.05, 4.69) is 25.6 Å². The fourth-order valence-corrected chi connectivity index (χ4v) is 6.44. The van der Waals surface area contributed by atoms with E-state index in [1.807, 2.05) is 109 Å². The van der Waals surface area contributed by atoms with Gasteiger partial charge in [-0.3, -0.25) is 9.88 Å². The Morgan fingerprint density at radius 2 is 1.26 bits per heavy atom. The van der Waals surface area contributed by atoms with Gasteiger partial charge in [-0.05, 0) is 29.2 Å². The molecule has 1 fully saturated rings. The summed E-state index contributed by atoms with van der Waals surface area (Å²) < 4.78 is 33.5. The minimum Gasteiger partial charge on any atom is -0.459 e. The van der Waals surface area contributed by atoms with Crippen molar-refractivity contribution in [3.05, 3.63) is 156 Å². The normalized spacial score (nSPS) is 19.1. The van der Waals surface area contributed by atoms with Crippen LogP contribution in [-0.4, -0.2) is 73.7 Å². The van der Waals surface area contributed by atoms with E-state index in [4.69, 9.17) is 23.7 Å². The van der Waals surface area contributed by atoms with E-state index in [0.29, 0.717) is 18.9 Å². The van der Waals surface area contributed by atoms with Crippen molar-refractivity contribution in [2.75, 3.05) is 11.9 Å². The molecule has 14 heteroatoms. The second-order valence-corrected chi connectivity index (χ2v) is 13.5. The summed E-state index contributed by atoms with van der Waals surface area (Å²) in [6.45, 7) is 2.44. The molecule has 0 spiro atoms. The van der Waals surface area contributed by atoms with Crippen LogP contribution in [0, 0.1) is 0 Å². The van der Waals surface area contributed by atoms with Gasteiger partial charge in [-0.15, -0.1) is 0 Å². The number of nitrogens with one attached hydrogen (secondary N) is 2. The number of aromatic nitrogens is 4. The first kappa shape index (κ1) is 39.2. The van der Waals surface area contributed by atoms with Crippen molar-refractivity contribution in [3.8, 4) is 0 Å². The lowest BCUT2D eigenvalue weighted by Crippen LogP contribution is -2.54. The van der Waals surface area contributed by atoms with Crippen LogP contribution in [0.3, 0.4) is 0 Å². The van der Waals surface area contributed by atoms with Gasteiger partial charge in [0.25, 0.3) is 0 Å². The van der Waals surface area contributed by atoms with Crippen molar-refractivity contribution < 1.29 is 38.4 Å². The number of hydrogen-bond acceptors (Lipinski definition) is 11. The Labute approximate surface area is 329 Å². The van der Waals surface area contributed by atoms with Crippen LogP contribution >= 0.6 is 0 Å².